The molecule has 0 unspecified atom stereocenters. The van der Waals surface area contributed by atoms with Gasteiger partial charge >= 0.3 is 6.18 Å². The lowest BCUT2D eigenvalue weighted by Gasteiger charge is -2.15. The maximum absolute atomic E-state index is 14.0. The van der Waals surface area contributed by atoms with Crippen molar-refractivity contribution in [2.75, 3.05) is 26.1 Å². The highest BCUT2D eigenvalue weighted by Crippen LogP contribution is 2.40. The second-order valence-corrected chi connectivity index (χ2v) is 8.59. The number of rotatable bonds is 7. The molecule has 0 radical (unpaired) electrons. The van der Waals surface area contributed by atoms with Gasteiger partial charge in [-0.15, -0.1) is 0 Å². The van der Waals surface area contributed by atoms with Crippen LogP contribution in [0.3, 0.4) is 0 Å². The number of halogens is 4. The quantitative estimate of drug-likeness (QED) is 0.285. The zero-order valence-electron chi connectivity index (χ0n) is 20.4. The monoisotopic (exact) mass is 547 g/mol. The van der Waals surface area contributed by atoms with Gasteiger partial charge in [-0.1, -0.05) is 17.7 Å². The van der Waals surface area contributed by atoms with E-state index in [2.05, 4.69) is 5.32 Å². The zero-order chi connectivity index (χ0) is 27.6. The van der Waals surface area contributed by atoms with Crippen LogP contribution >= 0.6 is 11.6 Å². The summed E-state index contributed by atoms with van der Waals surface area (Å²) < 4.78 is 63.0. The molecule has 7 nitrogen and oxygen atoms in total. The lowest BCUT2D eigenvalue weighted by Crippen LogP contribution is -2.20. The predicted octanol–water partition coefficient (Wildman–Crippen LogP) is 6.48. The van der Waals surface area contributed by atoms with Crippen LogP contribution in [0.1, 0.15) is 11.3 Å². The van der Waals surface area contributed by atoms with Gasteiger partial charge in [0.1, 0.15) is 11.3 Å². The molecule has 198 valence electrons. The van der Waals surface area contributed by atoms with Crippen LogP contribution in [0.15, 0.2) is 63.8 Å². The van der Waals surface area contributed by atoms with E-state index in [0.29, 0.717) is 10.7 Å². The van der Waals surface area contributed by atoms with Crippen LogP contribution in [0.25, 0.3) is 22.1 Å². The van der Waals surface area contributed by atoms with Gasteiger partial charge in [0.05, 0.1) is 25.2 Å². The lowest BCUT2D eigenvalue weighted by atomic mass is 10.0. The third kappa shape index (κ3) is 5.55. The summed E-state index contributed by atoms with van der Waals surface area (Å²) in [5.41, 5.74) is -0.697. The number of carbonyl (C=O) groups excluding carboxylic acids is 1. The van der Waals surface area contributed by atoms with Crippen molar-refractivity contribution in [3.8, 4) is 28.4 Å². The molecule has 0 spiro atoms. The molecule has 0 aliphatic carbocycles. The average molecular weight is 548 g/mol. The summed E-state index contributed by atoms with van der Waals surface area (Å²) in [6.07, 6.45) is -4.98. The molecule has 38 heavy (non-hydrogen) atoms. The Morgan fingerprint density at radius 2 is 1.74 bits per heavy atom. The van der Waals surface area contributed by atoms with E-state index < -0.39 is 35.4 Å². The topological polar surface area (TPSA) is 87.0 Å². The number of methoxy groups -OCH3 is 2. The number of amides is 1. The second kappa shape index (κ2) is 10.7. The zero-order valence-corrected chi connectivity index (χ0v) is 21.1. The lowest BCUT2D eigenvalue weighted by molar-refractivity contribution is -0.152. The van der Waals surface area contributed by atoms with Crippen LogP contribution in [-0.2, 0) is 11.0 Å². The van der Waals surface area contributed by atoms with Gasteiger partial charge in [-0.3, -0.25) is 9.59 Å². The minimum absolute atomic E-state index is 0.0376. The van der Waals surface area contributed by atoms with Gasteiger partial charge in [0.15, 0.2) is 18.1 Å². The van der Waals surface area contributed by atoms with Crippen LogP contribution in [0.5, 0.6) is 17.2 Å². The van der Waals surface area contributed by atoms with E-state index in [4.69, 9.17) is 30.2 Å². The molecule has 4 aromatic rings. The molecular formula is C27H21ClF3NO6. The molecule has 0 saturated heterocycles. The maximum Gasteiger partial charge on any atom is 0.450 e. The Bertz CT molecular complexity index is 1580. The number of alkyl halides is 3. The highest BCUT2D eigenvalue weighted by atomic mass is 35.5. The van der Waals surface area contributed by atoms with Gasteiger partial charge in [0.25, 0.3) is 5.91 Å². The molecule has 0 atom stereocenters. The number of hydrogen-bond donors (Lipinski definition) is 1. The second-order valence-electron chi connectivity index (χ2n) is 8.16. The molecule has 4 rings (SSSR count). The van der Waals surface area contributed by atoms with Crippen molar-refractivity contribution in [1.29, 1.82) is 0 Å². The first-order valence-corrected chi connectivity index (χ1v) is 11.5. The van der Waals surface area contributed by atoms with Gasteiger partial charge < -0.3 is 23.9 Å². The summed E-state index contributed by atoms with van der Waals surface area (Å²) in [6, 6.07) is 12.7. The molecule has 3 aromatic carbocycles. The van der Waals surface area contributed by atoms with Crippen LogP contribution in [0.2, 0.25) is 5.02 Å². The highest BCUT2D eigenvalue weighted by molar-refractivity contribution is 6.30. The van der Waals surface area contributed by atoms with E-state index in [9.17, 15) is 22.8 Å². The summed E-state index contributed by atoms with van der Waals surface area (Å²) in [6.45, 7) is 1.33. The molecule has 0 saturated carbocycles. The smallest absolute Gasteiger partial charge is 0.450 e. The summed E-state index contributed by atoms with van der Waals surface area (Å²) in [4.78, 5) is 25.6. The number of hydrogen-bond acceptors (Lipinski definition) is 6. The van der Waals surface area contributed by atoms with Gasteiger partial charge in [0.2, 0.25) is 11.2 Å². The molecule has 0 fully saturated rings. The molecular weight excluding hydrogens is 527 g/mol. The third-order valence-corrected chi connectivity index (χ3v) is 5.86. The number of benzene rings is 3. The van der Waals surface area contributed by atoms with Crippen LogP contribution in [-0.4, -0.2) is 26.7 Å². The van der Waals surface area contributed by atoms with E-state index in [-0.39, 0.29) is 33.8 Å². The molecule has 1 amide bonds. The first-order chi connectivity index (χ1) is 18.0. The molecule has 1 N–H and O–H groups in total. The Labute approximate surface area is 219 Å². The van der Waals surface area contributed by atoms with E-state index in [0.717, 1.165) is 11.6 Å². The average Bonchev–Trinajstić information content (AvgIpc) is 2.88. The number of anilines is 1. The normalized spacial score (nSPS) is 11.3. The third-order valence-electron chi connectivity index (χ3n) is 5.63. The first kappa shape index (κ1) is 26.9. The predicted molar refractivity (Wildman–Crippen MR) is 136 cm³/mol. The van der Waals surface area contributed by atoms with Crippen molar-refractivity contribution in [3.63, 3.8) is 0 Å². The van der Waals surface area contributed by atoms with Crippen molar-refractivity contribution in [3.05, 3.63) is 81.2 Å². The van der Waals surface area contributed by atoms with Crippen molar-refractivity contribution in [2.24, 2.45) is 0 Å². The Hall–Kier alpha value is -4.18. The SMILES string of the molecule is COc1ccc(-c2c(C(F)(F)F)oc3cc(OCC(=O)Nc4ccc(Cl)cc4C)ccc3c2=O)cc1OC. The van der Waals surface area contributed by atoms with E-state index in [1.165, 1.54) is 44.6 Å². The Balaban J connectivity index is 1.67. The Kier molecular flexibility index (Phi) is 7.54. The maximum atomic E-state index is 14.0. The molecule has 1 heterocycles. The fourth-order valence-corrected chi connectivity index (χ4v) is 4.05. The molecule has 11 heteroatoms. The highest BCUT2D eigenvalue weighted by Gasteiger charge is 2.39. The van der Waals surface area contributed by atoms with Crippen molar-refractivity contribution < 1.29 is 36.6 Å². The van der Waals surface area contributed by atoms with Gasteiger partial charge in [-0.05, 0) is 60.5 Å². The molecule has 1 aromatic heterocycles. The number of ether oxygens (including phenoxy) is 3. The van der Waals surface area contributed by atoms with E-state index >= 15 is 0 Å². The fourth-order valence-electron chi connectivity index (χ4n) is 3.82. The summed E-state index contributed by atoms with van der Waals surface area (Å²) >= 11 is 5.91. The summed E-state index contributed by atoms with van der Waals surface area (Å²) in [5, 5.41) is 3.08. The van der Waals surface area contributed by atoms with E-state index in [1.807, 2.05) is 0 Å². The van der Waals surface area contributed by atoms with Crippen LogP contribution in [0, 0.1) is 6.92 Å². The Morgan fingerprint density at radius 3 is 2.39 bits per heavy atom. The van der Waals surface area contributed by atoms with Crippen LogP contribution in [0.4, 0.5) is 18.9 Å². The molecule has 0 aliphatic heterocycles. The van der Waals surface area contributed by atoms with Crippen LogP contribution < -0.4 is 25.0 Å². The fraction of sp³-hybridized carbons (Fsp3) is 0.185. The number of nitrogens with one attached hydrogen (secondary N) is 1. The van der Waals surface area contributed by atoms with Crippen molar-refractivity contribution in [2.45, 2.75) is 13.1 Å². The van der Waals surface area contributed by atoms with E-state index in [1.54, 1.807) is 25.1 Å². The first-order valence-electron chi connectivity index (χ1n) is 11.1. The van der Waals surface area contributed by atoms with Crippen molar-refractivity contribution in [1.82, 2.24) is 0 Å². The van der Waals surface area contributed by atoms with Crippen molar-refractivity contribution >= 4 is 34.2 Å². The van der Waals surface area contributed by atoms with Gasteiger partial charge in [-0.2, -0.15) is 13.2 Å². The molecule has 0 bridgehead atoms. The number of carbonyl (C=O) groups is 1. The number of aryl methyl sites for hydroxylation is 1. The van der Waals surface area contributed by atoms with Gasteiger partial charge in [0, 0.05) is 16.8 Å². The summed E-state index contributed by atoms with van der Waals surface area (Å²) in [7, 11) is 2.71. The Morgan fingerprint density at radius 1 is 1.00 bits per heavy atom. The molecule has 0 aliphatic rings. The minimum Gasteiger partial charge on any atom is -0.493 e. The number of fused-ring (bicyclic) bond motifs is 1. The minimum atomic E-state index is -4.98. The largest absolute Gasteiger partial charge is 0.493 e. The van der Waals surface area contributed by atoms with Gasteiger partial charge in [-0.25, -0.2) is 0 Å². The summed E-state index contributed by atoms with van der Waals surface area (Å²) in [5.74, 6) is -1.51. The standard InChI is InChI=1S/C27H21ClF3NO6/c1-14-10-16(28)5-8-19(14)32-23(33)13-37-17-6-7-18-21(12-17)38-26(27(29,30)31)24(25(18)34)15-4-9-20(35-2)22(11-15)36-3/h4-12H,13H2,1-3H3,(H,32,33).